The molecule has 6 heteroatoms. The monoisotopic (exact) mass is 284 g/mol. The highest BCUT2D eigenvalue weighted by atomic mass is 35.5. The number of nitrogens with zero attached hydrogens (tertiary/aromatic N) is 1. The van der Waals surface area contributed by atoms with Gasteiger partial charge >= 0.3 is 0 Å². The summed E-state index contributed by atoms with van der Waals surface area (Å²) in [5.74, 6) is -0.327. The highest BCUT2D eigenvalue weighted by Crippen LogP contribution is 2.22. The zero-order chi connectivity index (χ0) is 14.6. The van der Waals surface area contributed by atoms with Crippen molar-refractivity contribution in [2.24, 2.45) is 5.73 Å². The topological polar surface area (TPSA) is 72.6 Å². The Morgan fingerprint density at radius 3 is 2.63 bits per heavy atom. The maximum absolute atomic E-state index is 11.9. The first-order valence-electron chi connectivity index (χ1n) is 5.77. The molecule has 0 radical (unpaired) electrons. The Morgan fingerprint density at radius 2 is 2.11 bits per heavy atom. The van der Waals surface area contributed by atoms with Gasteiger partial charge in [0.1, 0.15) is 5.75 Å². The van der Waals surface area contributed by atoms with Crippen molar-refractivity contribution < 1.29 is 14.3 Å². The minimum atomic E-state index is -0.704. The van der Waals surface area contributed by atoms with Crippen LogP contribution in [0, 0.1) is 6.92 Å². The number of likely N-dealkylation sites (N-methyl/N-ethyl adjacent to an activating group) is 1. The van der Waals surface area contributed by atoms with Gasteiger partial charge in [0.15, 0.2) is 6.10 Å². The Balaban J connectivity index is 2.68. The first-order chi connectivity index (χ1) is 8.81. The van der Waals surface area contributed by atoms with Gasteiger partial charge in [-0.15, -0.1) is 0 Å². The van der Waals surface area contributed by atoms with Crippen LogP contribution in [-0.4, -0.2) is 36.4 Å². The molecule has 0 aliphatic rings. The van der Waals surface area contributed by atoms with Gasteiger partial charge < -0.3 is 15.4 Å². The van der Waals surface area contributed by atoms with Gasteiger partial charge in [0.05, 0.1) is 6.54 Å². The Kier molecular flexibility index (Phi) is 5.18. The molecule has 1 rings (SSSR count). The molecule has 19 heavy (non-hydrogen) atoms. The van der Waals surface area contributed by atoms with E-state index in [1.165, 1.54) is 11.9 Å². The molecule has 5 nitrogen and oxygen atoms in total. The number of ether oxygens (including phenoxy) is 1. The number of amides is 2. The van der Waals surface area contributed by atoms with Crippen LogP contribution in [0.2, 0.25) is 5.02 Å². The summed E-state index contributed by atoms with van der Waals surface area (Å²) in [6.07, 6.45) is -0.704. The van der Waals surface area contributed by atoms with E-state index in [2.05, 4.69) is 0 Å². The van der Waals surface area contributed by atoms with Gasteiger partial charge in [0, 0.05) is 12.1 Å². The highest BCUT2D eigenvalue weighted by molar-refractivity contribution is 6.31. The third-order valence-corrected chi connectivity index (χ3v) is 2.98. The zero-order valence-electron chi connectivity index (χ0n) is 11.1. The second kappa shape index (κ2) is 6.43. The number of aryl methyl sites for hydroxylation is 1. The fourth-order valence-electron chi connectivity index (χ4n) is 1.57. The van der Waals surface area contributed by atoms with E-state index in [-0.39, 0.29) is 12.5 Å². The van der Waals surface area contributed by atoms with Crippen molar-refractivity contribution in [2.75, 3.05) is 13.6 Å². The molecular weight excluding hydrogens is 268 g/mol. The summed E-state index contributed by atoms with van der Waals surface area (Å²) in [5.41, 5.74) is 5.90. The molecule has 2 amide bonds. The van der Waals surface area contributed by atoms with Gasteiger partial charge in [-0.05, 0) is 37.6 Å². The number of carbonyl (C=O) groups is 2. The maximum Gasteiger partial charge on any atom is 0.263 e. The zero-order valence-corrected chi connectivity index (χ0v) is 11.9. The van der Waals surface area contributed by atoms with Crippen LogP contribution in [0.5, 0.6) is 5.75 Å². The molecule has 0 aliphatic carbocycles. The Labute approximate surface area is 117 Å². The van der Waals surface area contributed by atoms with E-state index < -0.39 is 12.0 Å². The number of hydrogen-bond donors (Lipinski definition) is 1. The number of halogens is 1. The van der Waals surface area contributed by atoms with Crippen molar-refractivity contribution >= 4 is 23.4 Å². The molecule has 1 unspecified atom stereocenters. The van der Waals surface area contributed by atoms with E-state index in [0.29, 0.717) is 10.8 Å². The van der Waals surface area contributed by atoms with Crippen LogP contribution in [-0.2, 0) is 9.59 Å². The molecule has 0 heterocycles. The molecule has 0 aliphatic heterocycles. The number of benzene rings is 1. The van der Waals surface area contributed by atoms with Crippen LogP contribution in [0.1, 0.15) is 12.5 Å². The van der Waals surface area contributed by atoms with Crippen LogP contribution in [0.25, 0.3) is 0 Å². The SMILES string of the molecule is Cc1cc(OC(C)C(=O)N(C)CC(N)=O)ccc1Cl. The van der Waals surface area contributed by atoms with Gasteiger partial charge in [0.25, 0.3) is 5.91 Å². The van der Waals surface area contributed by atoms with Crippen LogP contribution in [0.4, 0.5) is 0 Å². The van der Waals surface area contributed by atoms with Crippen molar-refractivity contribution in [1.29, 1.82) is 0 Å². The lowest BCUT2D eigenvalue weighted by molar-refractivity contribution is -0.139. The van der Waals surface area contributed by atoms with Crippen LogP contribution in [0.15, 0.2) is 18.2 Å². The van der Waals surface area contributed by atoms with Gasteiger partial charge in [-0.2, -0.15) is 0 Å². The number of nitrogens with two attached hydrogens (primary N) is 1. The number of hydrogen-bond acceptors (Lipinski definition) is 3. The summed E-state index contributed by atoms with van der Waals surface area (Å²) in [7, 11) is 1.50. The van der Waals surface area contributed by atoms with E-state index in [1.807, 2.05) is 6.92 Å². The predicted octanol–water partition coefficient (Wildman–Crippen LogP) is 1.36. The van der Waals surface area contributed by atoms with E-state index in [1.54, 1.807) is 25.1 Å². The quantitative estimate of drug-likeness (QED) is 0.887. The minimum absolute atomic E-state index is 0.133. The molecule has 1 aromatic carbocycles. The molecule has 2 N–H and O–H groups in total. The number of rotatable bonds is 5. The van der Waals surface area contributed by atoms with Gasteiger partial charge in [-0.3, -0.25) is 9.59 Å². The Morgan fingerprint density at radius 1 is 1.47 bits per heavy atom. The lowest BCUT2D eigenvalue weighted by Gasteiger charge is -2.21. The standard InChI is InChI=1S/C13H17ClN2O3/c1-8-6-10(4-5-11(8)14)19-9(2)13(18)16(3)7-12(15)17/h4-6,9H,7H2,1-3H3,(H2,15,17). The van der Waals surface area contributed by atoms with E-state index in [9.17, 15) is 9.59 Å². The van der Waals surface area contributed by atoms with Gasteiger partial charge in [-0.25, -0.2) is 0 Å². The van der Waals surface area contributed by atoms with Gasteiger partial charge in [-0.1, -0.05) is 11.6 Å². The Bertz CT molecular complexity index is 491. The van der Waals surface area contributed by atoms with Gasteiger partial charge in [0.2, 0.25) is 5.91 Å². The number of carbonyl (C=O) groups excluding carboxylic acids is 2. The number of primary amides is 1. The van der Waals surface area contributed by atoms with E-state index >= 15 is 0 Å². The summed E-state index contributed by atoms with van der Waals surface area (Å²) in [6.45, 7) is 3.33. The average Bonchev–Trinajstić information content (AvgIpc) is 2.32. The Hall–Kier alpha value is -1.75. The molecule has 0 spiro atoms. The second-order valence-electron chi connectivity index (χ2n) is 4.33. The molecule has 0 aromatic heterocycles. The third kappa shape index (κ3) is 4.44. The highest BCUT2D eigenvalue weighted by Gasteiger charge is 2.20. The average molecular weight is 285 g/mol. The van der Waals surface area contributed by atoms with E-state index in [4.69, 9.17) is 22.1 Å². The molecule has 0 saturated heterocycles. The van der Waals surface area contributed by atoms with Crippen molar-refractivity contribution in [1.82, 2.24) is 4.90 Å². The summed E-state index contributed by atoms with van der Waals surface area (Å²) in [6, 6.07) is 5.14. The maximum atomic E-state index is 11.9. The minimum Gasteiger partial charge on any atom is -0.481 e. The largest absolute Gasteiger partial charge is 0.481 e. The summed E-state index contributed by atoms with van der Waals surface area (Å²) in [4.78, 5) is 23.9. The summed E-state index contributed by atoms with van der Waals surface area (Å²) < 4.78 is 5.51. The first-order valence-corrected chi connectivity index (χ1v) is 6.15. The molecule has 104 valence electrons. The molecule has 0 bridgehead atoms. The van der Waals surface area contributed by atoms with Crippen LogP contribution < -0.4 is 10.5 Å². The predicted molar refractivity (Wildman–Crippen MR) is 73.1 cm³/mol. The summed E-state index contributed by atoms with van der Waals surface area (Å²) in [5, 5.41) is 0.636. The molecule has 1 aromatic rings. The van der Waals surface area contributed by atoms with Crippen LogP contribution >= 0.6 is 11.6 Å². The summed E-state index contributed by atoms with van der Waals surface area (Å²) >= 11 is 5.91. The molecule has 1 atom stereocenters. The fraction of sp³-hybridized carbons (Fsp3) is 0.385. The smallest absolute Gasteiger partial charge is 0.263 e. The second-order valence-corrected chi connectivity index (χ2v) is 4.74. The fourth-order valence-corrected chi connectivity index (χ4v) is 1.68. The molecular formula is C13H17ClN2O3. The third-order valence-electron chi connectivity index (χ3n) is 2.56. The van der Waals surface area contributed by atoms with Crippen molar-refractivity contribution in [3.8, 4) is 5.75 Å². The normalized spacial score (nSPS) is 11.8. The lowest BCUT2D eigenvalue weighted by Crippen LogP contribution is -2.42. The molecule has 0 saturated carbocycles. The van der Waals surface area contributed by atoms with E-state index in [0.717, 1.165) is 5.56 Å². The molecule has 0 fully saturated rings. The first kappa shape index (κ1) is 15.3. The van der Waals surface area contributed by atoms with Crippen molar-refractivity contribution in [3.05, 3.63) is 28.8 Å². The lowest BCUT2D eigenvalue weighted by atomic mass is 10.2. The van der Waals surface area contributed by atoms with Crippen LogP contribution in [0.3, 0.4) is 0 Å². The van der Waals surface area contributed by atoms with Crippen molar-refractivity contribution in [3.63, 3.8) is 0 Å². The van der Waals surface area contributed by atoms with Crippen molar-refractivity contribution in [2.45, 2.75) is 20.0 Å².